The van der Waals surface area contributed by atoms with Gasteiger partial charge >= 0.3 is 0 Å². The quantitative estimate of drug-likeness (QED) is 0.754. The predicted molar refractivity (Wildman–Crippen MR) is 80.9 cm³/mol. The van der Waals surface area contributed by atoms with Crippen LogP contribution in [0.15, 0.2) is 24.3 Å². The topological polar surface area (TPSA) is 12.0 Å². The third-order valence-corrected chi connectivity index (χ3v) is 4.51. The van der Waals surface area contributed by atoms with Crippen molar-refractivity contribution in [1.82, 2.24) is 5.32 Å². The van der Waals surface area contributed by atoms with Crippen LogP contribution in [0.1, 0.15) is 31.7 Å². The van der Waals surface area contributed by atoms with Gasteiger partial charge in [0.2, 0.25) is 0 Å². The molecule has 1 aromatic carbocycles. The molecule has 0 aliphatic carbocycles. The van der Waals surface area contributed by atoms with E-state index >= 15 is 0 Å². The lowest BCUT2D eigenvalue weighted by Gasteiger charge is -2.20. The van der Waals surface area contributed by atoms with Crippen LogP contribution in [0.3, 0.4) is 0 Å². The summed E-state index contributed by atoms with van der Waals surface area (Å²) in [5.74, 6) is -3.35. The Morgan fingerprint density at radius 2 is 1.71 bits per heavy atom. The number of hydrogen-bond donors (Lipinski definition) is 1. The molecular formula is C16H18F3NS. The van der Waals surface area contributed by atoms with Gasteiger partial charge in [0.1, 0.15) is 0 Å². The van der Waals surface area contributed by atoms with E-state index in [1.165, 1.54) is 11.3 Å². The van der Waals surface area contributed by atoms with Crippen LogP contribution in [0.25, 0.3) is 10.4 Å². The minimum atomic E-state index is -1.43. The van der Waals surface area contributed by atoms with Crippen molar-refractivity contribution in [2.24, 2.45) is 5.92 Å². The second-order valence-electron chi connectivity index (χ2n) is 5.24. The normalized spacial score (nSPS) is 12.9. The Hall–Kier alpha value is -1.33. The van der Waals surface area contributed by atoms with Crippen LogP contribution in [0, 0.1) is 23.4 Å². The second kappa shape index (κ2) is 6.62. The Morgan fingerprint density at radius 3 is 2.24 bits per heavy atom. The summed E-state index contributed by atoms with van der Waals surface area (Å²) in [6, 6.07) is 6.03. The molecule has 1 nitrogen and oxygen atoms in total. The summed E-state index contributed by atoms with van der Waals surface area (Å²) in [5.41, 5.74) is 0.363. The lowest BCUT2D eigenvalue weighted by molar-refractivity contribution is 0.428. The molecule has 1 N–H and O–H groups in total. The van der Waals surface area contributed by atoms with Gasteiger partial charge in [0.25, 0.3) is 0 Å². The van der Waals surface area contributed by atoms with Crippen molar-refractivity contribution >= 4 is 11.3 Å². The van der Waals surface area contributed by atoms with Crippen LogP contribution in [0.5, 0.6) is 0 Å². The summed E-state index contributed by atoms with van der Waals surface area (Å²) < 4.78 is 39.6. The Kier molecular flexibility index (Phi) is 5.06. The van der Waals surface area contributed by atoms with Gasteiger partial charge in [-0.3, -0.25) is 0 Å². The number of thiophene rings is 1. The van der Waals surface area contributed by atoms with E-state index in [9.17, 15) is 13.2 Å². The minimum absolute atomic E-state index is 0.198. The number of halogens is 3. The molecule has 0 amide bonds. The molecule has 0 bridgehead atoms. The minimum Gasteiger partial charge on any atom is -0.309 e. The van der Waals surface area contributed by atoms with Gasteiger partial charge in [0.15, 0.2) is 17.5 Å². The zero-order chi connectivity index (χ0) is 15.6. The first-order valence-electron chi connectivity index (χ1n) is 6.92. The van der Waals surface area contributed by atoms with E-state index in [2.05, 4.69) is 19.2 Å². The van der Waals surface area contributed by atoms with Gasteiger partial charge in [-0.2, -0.15) is 0 Å². The summed E-state index contributed by atoms with van der Waals surface area (Å²) in [4.78, 5) is 1.83. The Bertz CT molecular complexity index is 599. The average molecular weight is 313 g/mol. The number of rotatable bonds is 5. The van der Waals surface area contributed by atoms with Crippen LogP contribution in [-0.4, -0.2) is 6.54 Å². The van der Waals surface area contributed by atoms with Gasteiger partial charge in [0, 0.05) is 15.8 Å². The van der Waals surface area contributed by atoms with Crippen molar-refractivity contribution in [3.05, 3.63) is 46.6 Å². The lowest BCUT2D eigenvalue weighted by Crippen LogP contribution is -2.24. The van der Waals surface area contributed by atoms with Crippen molar-refractivity contribution in [2.75, 3.05) is 6.54 Å². The molecule has 0 saturated carbocycles. The Labute approximate surface area is 126 Å². The third-order valence-electron chi connectivity index (χ3n) is 3.29. The smallest absolute Gasteiger partial charge is 0.194 e. The Morgan fingerprint density at radius 1 is 1.10 bits per heavy atom. The van der Waals surface area contributed by atoms with E-state index in [4.69, 9.17) is 0 Å². The maximum Gasteiger partial charge on any atom is 0.194 e. The molecule has 1 aromatic heterocycles. The maximum atomic E-state index is 13.3. The number of hydrogen-bond acceptors (Lipinski definition) is 2. The summed E-state index contributed by atoms with van der Waals surface area (Å²) in [5, 5.41) is 3.40. The summed E-state index contributed by atoms with van der Waals surface area (Å²) in [7, 11) is 0. The zero-order valence-electron chi connectivity index (χ0n) is 12.2. The summed E-state index contributed by atoms with van der Waals surface area (Å²) in [6.45, 7) is 7.11. The van der Waals surface area contributed by atoms with Gasteiger partial charge in [-0.05, 0) is 42.3 Å². The van der Waals surface area contributed by atoms with E-state index < -0.39 is 17.5 Å². The van der Waals surface area contributed by atoms with Crippen LogP contribution >= 0.6 is 11.3 Å². The van der Waals surface area contributed by atoms with E-state index in [1.807, 2.05) is 19.1 Å². The van der Waals surface area contributed by atoms with Crippen molar-refractivity contribution in [1.29, 1.82) is 0 Å². The first kappa shape index (κ1) is 16.0. The molecule has 0 spiro atoms. The molecular weight excluding hydrogens is 295 g/mol. The van der Waals surface area contributed by atoms with Gasteiger partial charge < -0.3 is 5.32 Å². The molecule has 0 fully saturated rings. The first-order valence-corrected chi connectivity index (χ1v) is 7.73. The molecule has 2 rings (SSSR count). The highest BCUT2D eigenvalue weighted by Gasteiger charge is 2.18. The van der Waals surface area contributed by atoms with Gasteiger partial charge in [0.05, 0.1) is 0 Å². The highest BCUT2D eigenvalue weighted by molar-refractivity contribution is 7.15. The molecule has 0 aliphatic rings. The predicted octanol–water partition coefficient (Wildman–Crippen LogP) is 5.14. The molecule has 114 valence electrons. The lowest BCUT2D eigenvalue weighted by atomic mass is 10.0. The SMILES string of the molecule is CCNC(c1ccc(-c2cc(F)c(F)c(F)c2)s1)C(C)C. The van der Waals surface area contributed by atoms with Crippen molar-refractivity contribution in [3.63, 3.8) is 0 Å². The standard InChI is InChI=1S/C16H18F3NS/c1-4-20-16(9(2)3)14-6-5-13(21-14)10-7-11(17)15(19)12(18)8-10/h5-9,16,20H,4H2,1-3H3. The maximum absolute atomic E-state index is 13.3. The number of benzene rings is 1. The van der Waals surface area contributed by atoms with Crippen LogP contribution < -0.4 is 5.32 Å². The fourth-order valence-electron chi connectivity index (χ4n) is 2.26. The fraction of sp³-hybridized carbons (Fsp3) is 0.375. The molecule has 21 heavy (non-hydrogen) atoms. The highest BCUT2D eigenvalue weighted by Crippen LogP contribution is 2.35. The van der Waals surface area contributed by atoms with Crippen LogP contribution in [0.2, 0.25) is 0 Å². The van der Waals surface area contributed by atoms with Gasteiger partial charge in [-0.25, -0.2) is 13.2 Å². The summed E-state index contributed by atoms with van der Waals surface area (Å²) >= 11 is 1.47. The monoisotopic (exact) mass is 313 g/mol. The molecule has 0 radical (unpaired) electrons. The highest BCUT2D eigenvalue weighted by atomic mass is 32.1. The van der Waals surface area contributed by atoms with Crippen LogP contribution in [0.4, 0.5) is 13.2 Å². The van der Waals surface area contributed by atoms with E-state index in [-0.39, 0.29) is 6.04 Å². The van der Waals surface area contributed by atoms with E-state index in [0.29, 0.717) is 11.5 Å². The molecule has 1 atom stereocenters. The number of nitrogens with one attached hydrogen (secondary N) is 1. The molecule has 2 aromatic rings. The van der Waals surface area contributed by atoms with Crippen LogP contribution in [-0.2, 0) is 0 Å². The molecule has 1 heterocycles. The van der Waals surface area contributed by atoms with Crippen molar-refractivity contribution in [3.8, 4) is 10.4 Å². The zero-order valence-corrected chi connectivity index (χ0v) is 13.0. The van der Waals surface area contributed by atoms with Crippen molar-refractivity contribution in [2.45, 2.75) is 26.8 Å². The molecule has 1 unspecified atom stereocenters. The van der Waals surface area contributed by atoms with Gasteiger partial charge in [-0.15, -0.1) is 11.3 Å². The van der Waals surface area contributed by atoms with Crippen molar-refractivity contribution < 1.29 is 13.2 Å². The molecule has 5 heteroatoms. The second-order valence-corrected chi connectivity index (χ2v) is 6.35. The van der Waals surface area contributed by atoms with E-state index in [1.54, 1.807) is 0 Å². The van der Waals surface area contributed by atoms with E-state index in [0.717, 1.165) is 28.4 Å². The largest absolute Gasteiger partial charge is 0.309 e. The first-order chi connectivity index (χ1) is 9.93. The fourth-order valence-corrected chi connectivity index (χ4v) is 3.50. The Balaban J connectivity index is 2.35. The molecule has 0 saturated heterocycles. The average Bonchev–Trinajstić information content (AvgIpc) is 2.90. The third kappa shape index (κ3) is 3.47. The van der Waals surface area contributed by atoms with Gasteiger partial charge in [-0.1, -0.05) is 20.8 Å². The summed E-state index contributed by atoms with van der Waals surface area (Å²) in [6.07, 6.45) is 0. The molecule has 0 aliphatic heterocycles.